The molecule has 0 atom stereocenters. The fourth-order valence-corrected chi connectivity index (χ4v) is 9.06. The van der Waals surface area contributed by atoms with Crippen LogP contribution in [0.1, 0.15) is 0 Å². The van der Waals surface area contributed by atoms with E-state index in [1.165, 1.54) is 27.1 Å². The van der Waals surface area contributed by atoms with Crippen molar-refractivity contribution in [3.63, 3.8) is 0 Å². The fourth-order valence-electron chi connectivity index (χ4n) is 9.06. The number of aromatic nitrogens is 4. The molecule has 13 rings (SSSR count). The molecule has 0 spiro atoms. The molecule has 0 amide bonds. The Bertz CT molecular complexity index is 3860. The number of furan rings is 2. The Morgan fingerprint density at radius 2 is 1.02 bits per heavy atom. The number of benzene rings is 9. The molecule has 0 saturated carbocycles. The lowest BCUT2D eigenvalue weighted by atomic mass is 9.99. The van der Waals surface area contributed by atoms with Crippen LogP contribution in [-0.4, -0.2) is 19.5 Å². The lowest BCUT2D eigenvalue weighted by Crippen LogP contribution is -2.00. The van der Waals surface area contributed by atoms with Crippen molar-refractivity contribution < 1.29 is 8.83 Å². The molecule has 0 aliphatic heterocycles. The zero-order valence-electron chi connectivity index (χ0n) is 31.4. The number of fused-ring (bicyclic) bond motifs is 12. The molecule has 6 heteroatoms. The van der Waals surface area contributed by atoms with Crippen molar-refractivity contribution in [2.75, 3.05) is 0 Å². The first-order chi connectivity index (χ1) is 29.2. The zero-order valence-corrected chi connectivity index (χ0v) is 31.4. The lowest BCUT2D eigenvalue weighted by Gasteiger charge is -2.13. The number of hydrogen-bond donors (Lipinski definition) is 0. The van der Waals surface area contributed by atoms with Gasteiger partial charge in [0.25, 0.3) is 0 Å². The van der Waals surface area contributed by atoms with Crippen LogP contribution in [0.2, 0.25) is 0 Å². The van der Waals surface area contributed by atoms with Crippen LogP contribution in [0, 0.1) is 0 Å². The van der Waals surface area contributed by atoms with Crippen molar-refractivity contribution in [2.45, 2.75) is 0 Å². The first kappa shape index (κ1) is 32.0. The first-order valence-corrected chi connectivity index (χ1v) is 19.8. The van der Waals surface area contributed by atoms with E-state index in [4.69, 9.17) is 23.8 Å². The summed E-state index contributed by atoms with van der Waals surface area (Å²) in [6.07, 6.45) is 0. The van der Waals surface area contributed by atoms with E-state index in [1.54, 1.807) is 0 Å². The Hall–Kier alpha value is -8.09. The van der Waals surface area contributed by atoms with Crippen LogP contribution in [0.3, 0.4) is 0 Å². The van der Waals surface area contributed by atoms with E-state index in [0.717, 1.165) is 82.5 Å². The van der Waals surface area contributed by atoms with E-state index < -0.39 is 0 Å². The van der Waals surface area contributed by atoms with Crippen LogP contribution in [0.5, 0.6) is 0 Å². The van der Waals surface area contributed by atoms with E-state index in [9.17, 15) is 0 Å². The largest absolute Gasteiger partial charge is 0.456 e. The van der Waals surface area contributed by atoms with Gasteiger partial charge in [0.05, 0.1) is 16.6 Å². The van der Waals surface area contributed by atoms with Crippen molar-refractivity contribution in [1.29, 1.82) is 0 Å². The minimum Gasteiger partial charge on any atom is -0.456 e. The van der Waals surface area contributed by atoms with Gasteiger partial charge in [-0.1, -0.05) is 121 Å². The molecule has 6 nitrogen and oxygen atoms in total. The highest BCUT2D eigenvalue weighted by Crippen LogP contribution is 2.43. The molecule has 59 heavy (non-hydrogen) atoms. The van der Waals surface area contributed by atoms with Crippen LogP contribution < -0.4 is 0 Å². The molecule has 0 bridgehead atoms. The van der Waals surface area contributed by atoms with Crippen molar-refractivity contribution in [3.05, 3.63) is 182 Å². The van der Waals surface area contributed by atoms with Gasteiger partial charge in [-0.2, -0.15) is 0 Å². The summed E-state index contributed by atoms with van der Waals surface area (Å²) in [5.74, 6) is 1.66. The lowest BCUT2D eigenvalue weighted by molar-refractivity contribution is 0.668. The van der Waals surface area contributed by atoms with Crippen LogP contribution in [0.25, 0.3) is 127 Å². The molecule has 0 radical (unpaired) electrons. The van der Waals surface area contributed by atoms with Crippen LogP contribution in [-0.2, 0) is 0 Å². The molecule has 13 aromatic rings. The molecule has 0 fully saturated rings. The fraction of sp³-hybridized carbons (Fsp3) is 0. The second-order valence-electron chi connectivity index (χ2n) is 15.2. The van der Waals surface area contributed by atoms with Gasteiger partial charge in [0, 0.05) is 49.1 Å². The van der Waals surface area contributed by atoms with Crippen LogP contribution >= 0.6 is 0 Å². The summed E-state index contributed by atoms with van der Waals surface area (Å²) in [6, 6.07) is 63.4. The zero-order chi connectivity index (χ0) is 38.6. The normalized spacial score (nSPS) is 12.1. The Labute approximate surface area is 336 Å². The van der Waals surface area contributed by atoms with Gasteiger partial charge in [-0.15, -0.1) is 0 Å². The Balaban J connectivity index is 1.06. The maximum absolute atomic E-state index is 6.83. The third-order valence-corrected chi connectivity index (χ3v) is 11.8. The number of rotatable bonds is 4. The second kappa shape index (κ2) is 12.2. The maximum atomic E-state index is 6.83. The molecule has 9 aromatic carbocycles. The van der Waals surface area contributed by atoms with Gasteiger partial charge in [0.1, 0.15) is 22.3 Å². The Morgan fingerprint density at radius 1 is 0.356 bits per heavy atom. The van der Waals surface area contributed by atoms with E-state index in [1.807, 2.05) is 66.7 Å². The highest BCUT2D eigenvalue weighted by Gasteiger charge is 2.22. The van der Waals surface area contributed by atoms with E-state index >= 15 is 0 Å². The van der Waals surface area contributed by atoms with Crippen molar-refractivity contribution >= 4 is 87.2 Å². The van der Waals surface area contributed by atoms with Crippen molar-refractivity contribution in [2.24, 2.45) is 0 Å². The van der Waals surface area contributed by atoms with Gasteiger partial charge in [0.2, 0.25) is 0 Å². The molecule has 274 valence electrons. The minimum absolute atomic E-state index is 0.530. The standard InChI is InChI=1S/C53H30N4O2/c1-2-12-31(13-3-1)51-54-52(35-23-25-39-38-17-7-10-20-46(38)58-48(39)29-35)56-53(55-51)43-27-34-22-24-36(30-41(34)49-40-18-8-11-21-47(40)59-50(43)49)57-44-19-9-6-16-37(44)42-26-32-14-4-5-15-33(32)28-45(42)57/h1-30H. The number of hydrogen-bond acceptors (Lipinski definition) is 5. The molecule has 0 aliphatic carbocycles. The smallest absolute Gasteiger partial charge is 0.167 e. The quantitative estimate of drug-likeness (QED) is 0.179. The van der Waals surface area contributed by atoms with E-state index in [0.29, 0.717) is 17.5 Å². The van der Waals surface area contributed by atoms with Gasteiger partial charge in [-0.25, -0.2) is 15.0 Å². The first-order valence-electron chi connectivity index (χ1n) is 19.8. The summed E-state index contributed by atoms with van der Waals surface area (Å²) >= 11 is 0. The predicted octanol–water partition coefficient (Wildman–Crippen LogP) is 14.1. The summed E-state index contributed by atoms with van der Waals surface area (Å²) < 4.78 is 15.5. The van der Waals surface area contributed by atoms with Gasteiger partial charge in [0.15, 0.2) is 17.5 Å². The average Bonchev–Trinajstić information content (AvgIpc) is 3.97. The van der Waals surface area contributed by atoms with Gasteiger partial charge >= 0.3 is 0 Å². The number of nitrogens with zero attached hydrogens (tertiary/aromatic N) is 4. The second-order valence-corrected chi connectivity index (χ2v) is 15.2. The summed E-state index contributed by atoms with van der Waals surface area (Å²) in [7, 11) is 0. The van der Waals surface area contributed by atoms with Gasteiger partial charge in [-0.05, 0) is 82.2 Å². The SMILES string of the molecule is c1ccc(-c2nc(-c3ccc4c(c3)oc3ccccc34)nc(-c3cc4ccc(-n5c6ccccc6c6cc7ccccc7cc65)cc4c4c3oc3ccccc34)n2)cc1. The summed E-state index contributed by atoms with van der Waals surface area (Å²) in [5, 5.41) is 11.2. The molecule has 0 aliphatic rings. The van der Waals surface area contributed by atoms with Crippen LogP contribution in [0.15, 0.2) is 191 Å². The van der Waals surface area contributed by atoms with Gasteiger partial charge < -0.3 is 13.4 Å². The topological polar surface area (TPSA) is 69.9 Å². The monoisotopic (exact) mass is 754 g/mol. The third-order valence-electron chi connectivity index (χ3n) is 11.8. The van der Waals surface area contributed by atoms with E-state index in [-0.39, 0.29) is 0 Å². The molecule has 0 saturated heterocycles. The number of para-hydroxylation sites is 3. The predicted molar refractivity (Wildman–Crippen MR) is 240 cm³/mol. The molecule has 0 N–H and O–H groups in total. The third kappa shape index (κ3) is 4.84. The Morgan fingerprint density at radius 3 is 1.86 bits per heavy atom. The minimum atomic E-state index is 0.530. The highest BCUT2D eigenvalue weighted by molar-refractivity contribution is 6.23. The van der Waals surface area contributed by atoms with Crippen molar-refractivity contribution in [3.8, 4) is 39.9 Å². The summed E-state index contributed by atoms with van der Waals surface area (Å²) in [5.41, 5.74) is 9.10. The Kier molecular flexibility index (Phi) is 6.63. The van der Waals surface area contributed by atoms with Crippen LogP contribution in [0.4, 0.5) is 0 Å². The molecule has 4 heterocycles. The van der Waals surface area contributed by atoms with Crippen molar-refractivity contribution in [1.82, 2.24) is 19.5 Å². The molecule has 0 unspecified atom stereocenters. The molecular weight excluding hydrogens is 725 g/mol. The summed E-state index contributed by atoms with van der Waals surface area (Å²) in [6.45, 7) is 0. The van der Waals surface area contributed by atoms with Gasteiger partial charge in [-0.3, -0.25) is 0 Å². The average molecular weight is 755 g/mol. The summed E-state index contributed by atoms with van der Waals surface area (Å²) in [4.78, 5) is 15.4. The molecule has 4 aromatic heterocycles. The maximum Gasteiger partial charge on any atom is 0.167 e. The highest BCUT2D eigenvalue weighted by atomic mass is 16.3. The molecular formula is C53H30N4O2. The van der Waals surface area contributed by atoms with E-state index in [2.05, 4.69) is 120 Å².